The van der Waals surface area contributed by atoms with Crippen LogP contribution >= 0.6 is 23.2 Å². The predicted molar refractivity (Wildman–Crippen MR) is 124 cm³/mol. The molecule has 1 fully saturated rings. The van der Waals surface area contributed by atoms with Gasteiger partial charge in [-0.25, -0.2) is 4.79 Å². The van der Waals surface area contributed by atoms with Crippen molar-refractivity contribution in [3.63, 3.8) is 0 Å². The third-order valence-corrected chi connectivity index (χ3v) is 5.94. The van der Waals surface area contributed by atoms with E-state index in [4.69, 9.17) is 33.7 Å². The summed E-state index contributed by atoms with van der Waals surface area (Å²) in [5.41, 5.74) is 8.03. The normalized spacial score (nSPS) is 15.4. The van der Waals surface area contributed by atoms with E-state index in [1.807, 2.05) is 24.3 Å². The number of urea groups is 1. The number of halogens is 2. The van der Waals surface area contributed by atoms with Gasteiger partial charge in [-0.1, -0.05) is 41.4 Å². The monoisotopic (exact) mass is 464 g/mol. The second kappa shape index (κ2) is 10.8. The first kappa shape index (κ1) is 23.3. The lowest BCUT2D eigenvalue weighted by molar-refractivity contribution is -0.118. The topological polar surface area (TPSA) is 96.7 Å². The molecular weight excluding hydrogens is 439 g/mol. The standard InChI is InChI=1S/C22H26Cl2N4O3/c1-31-13-19(25)21(29)26-16-7-5-14(6-8-16)15-9-11-28(12-10-15)22(30)27-20-17(23)3-2-4-18(20)24/h2-8,15,19H,9-13,25H2,1H3,(H,26,29)(H,27,30). The summed E-state index contributed by atoms with van der Waals surface area (Å²) < 4.78 is 4.90. The lowest BCUT2D eigenvalue weighted by Gasteiger charge is -2.32. The molecule has 4 N–H and O–H groups in total. The Labute approximate surface area is 191 Å². The molecular formula is C22H26Cl2N4O3. The summed E-state index contributed by atoms with van der Waals surface area (Å²) in [6.45, 7) is 1.42. The second-order valence-electron chi connectivity index (χ2n) is 7.46. The number of anilines is 2. The summed E-state index contributed by atoms with van der Waals surface area (Å²) in [5.74, 6) is 0.0565. The van der Waals surface area contributed by atoms with Crippen LogP contribution in [0.5, 0.6) is 0 Å². The average molecular weight is 465 g/mol. The van der Waals surface area contributed by atoms with Crippen LogP contribution < -0.4 is 16.4 Å². The highest BCUT2D eigenvalue weighted by Gasteiger charge is 2.25. The Kier molecular flexibility index (Phi) is 8.15. The smallest absolute Gasteiger partial charge is 0.321 e. The number of piperidine rings is 1. The predicted octanol–water partition coefficient (Wildman–Crippen LogP) is 4.32. The number of hydrogen-bond donors (Lipinski definition) is 3. The summed E-state index contributed by atoms with van der Waals surface area (Å²) >= 11 is 12.3. The Bertz CT molecular complexity index is 895. The van der Waals surface area contributed by atoms with Gasteiger partial charge in [0, 0.05) is 25.9 Å². The number of ether oxygens (including phenoxy) is 1. The fourth-order valence-corrected chi connectivity index (χ4v) is 4.04. The van der Waals surface area contributed by atoms with Crippen molar-refractivity contribution >= 4 is 46.5 Å². The van der Waals surface area contributed by atoms with Crippen molar-refractivity contribution < 1.29 is 14.3 Å². The summed E-state index contributed by atoms with van der Waals surface area (Å²) in [7, 11) is 1.50. The van der Waals surface area contributed by atoms with Gasteiger partial charge in [-0.05, 0) is 48.6 Å². The van der Waals surface area contributed by atoms with E-state index in [1.165, 1.54) is 12.7 Å². The molecule has 1 aliphatic heterocycles. The molecule has 0 aromatic heterocycles. The van der Waals surface area contributed by atoms with Crippen LogP contribution in [0.1, 0.15) is 24.3 Å². The minimum absolute atomic E-state index is 0.165. The number of hydrogen-bond acceptors (Lipinski definition) is 4. The van der Waals surface area contributed by atoms with Crippen molar-refractivity contribution in [2.45, 2.75) is 24.8 Å². The first-order valence-corrected chi connectivity index (χ1v) is 10.8. The van der Waals surface area contributed by atoms with Gasteiger partial charge in [0.15, 0.2) is 0 Å². The minimum atomic E-state index is -0.708. The number of benzene rings is 2. The van der Waals surface area contributed by atoms with E-state index in [2.05, 4.69) is 10.6 Å². The molecule has 166 valence electrons. The number of carbonyl (C=O) groups excluding carboxylic acids is 2. The summed E-state index contributed by atoms with van der Waals surface area (Å²) in [4.78, 5) is 26.4. The molecule has 9 heteroatoms. The van der Waals surface area contributed by atoms with E-state index in [9.17, 15) is 9.59 Å². The Balaban J connectivity index is 1.52. The number of likely N-dealkylation sites (tertiary alicyclic amines) is 1. The van der Waals surface area contributed by atoms with Crippen LogP contribution in [0.3, 0.4) is 0 Å². The number of nitrogens with zero attached hydrogens (tertiary/aromatic N) is 1. The van der Waals surface area contributed by atoms with Crippen LogP contribution in [-0.2, 0) is 9.53 Å². The second-order valence-corrected chi connectivity index (χ2v) is 8.28. The van der Waals surface area contributed by atoms with Gasteiger partial charge in [-0.3, -0.25) is 4.79 Å². The van der Waals surface area contributed by atoms with Crippen LogP contribution in [0.15, 0.2) is 42.5 Å². The van der Waals surface area contributed by atoms with Gasteiger partial charge in [-0.2, -0.15) is 0 Å². The molecule has 1 aliphatic rings. The molecule has 0 spiro atoms. The summed E-state index contributed by atoms with van der Waals surface area (Å²) in [5, 5.41) is 6.41. The number of carbonyl (C=O) groups is 2. The molecule has 2 aromatic carbocycles. The van der Waals surface area contributed by atoms with Gasteiger partial charge >= 0.3 is 6.03 Å². The Morgan fingerprint density at radius 3 is 2.29 bits per heavy atom. The maximum absolute atomic E-state index is 12.6. The van der Waals surface area contributed by atoms with Gasteiger partial charge in [0.05, 0.1) is 22.3 Å². The maximum atomic E-state index is 12.6. The van der Waals surface area contributed by atoms with Crippen LogP contribution in [0.25, 0.3) is 0 Å². The highest BCUT2D eigenvalue weighted by Crippen LogP contribution is 2.32. The zero-order valence-electron chi connectivity index (χ0n) is 17.2. The van der Waals surface area contributed by atoms with Crippen LogP contribution in [-0.4, -0.2) is 49.7 Å². The van der Waals surface area contributed by atoms with Crippen LogP contribution in [0.4, 0.5) is 16.2 Å². The molecule has 0 aliphatic carbocycles. The number of nitrogens with one attached hydrogen (secondary N) is 2. The molecule has 1 heterocycles. The highest BCUT2D eigenvalue weighted by molar-refractivity contribution is 6.39. The molecule has 0 bridgehead atoms. The lowest BCUT2D eigenvalue weighted by Crippen LogP contribution is -2.40. The Morgan fingerprint density at radius 1 is 1.10 bits per heavy atom. The summed E-state index contributed by atoms with van der Waals surface area (Å²) in [6.07, 6.45) is 1.68. The largest absolute Gasteiger partial charge is 0.383 e. The number of nitrogens with two attached hydrogens (primary N) is 1. The van der Waals surface area contributed by atoms with E-state index in [-0.39, 0.29) is 18.5 Å². The molecule has 0 radical (unpaired) electrons. The molecule has 3 rings (SSSR count). The van der Waals surface area contributed by atoms with Gasteiger partial charge in [-0.15, -0.1) is 0 Å². The molecule has 0 saturated carbocycles. The van der Waals surface area contributed by atoms with Crippen LogP contribution in [0, 0.1) is 0 Å². The van der Waals surface area contributed by atoms with Gasteiger partial charge in [0.25, 0.3) is 0 Å². The summed E-state index contributed by atoms with van der Waals surface area (Å²) in [6, 6.07) is 11.9. The Hall–Kier alpha value is -2.32. The highest BCUT2D eigenvalue weighted by atomic mass is 35.5. The fourth-order valence-electron chi connectivity index (χ4n) is 3.55. The SMILES string of the molecule is COCC(N)C(=O)Nc1ccc(C2CCN(C(=O)Nc3c(Cl)cccc3Cl)CC2)cc1. The van der Waals surface area contributed by atoms with Crippen molar-refractivity contribution in [1.82, 2.24) is 4.90 Å². The molecule has 1 atom stereocenters. The molecule has 1 unspecified atom stereocenters. The maximum Gasteiger partial charge on any atom is 0.321 e. The first-order chi connectivity index (χ1) is 14.9. The zero-order valence-corrected chi connectivity index (χ0v) is 18.7. The quantitative estimate of drug-likeness (QED) is 0.592. The third kappa shape index (κ3) is 6.11. The van der Waals surface area contributed by atoms with Crippen LogP contribution in [0.2, 0.25) is 10.0 Å². The molecule has 1 saturated heterocycles. The number of para-hydroxylation sites is 1. The van der Waals surface area contributed by atoms with Gasteiger partial charge < -0.3 is 26.0 Å². The van der Waals surface area contributed by atoms with Crippen molar-refractivity contribution in [3.8, 4) is 0 Å². The van der Waals surface area contributed by atoms with E-state index in [1.54, 1.807) is 23.1 Å². The number of methoxy groups -OCH3 is 1. The number of amides is 3. The third-order valence-electron chi connectivity index (χ3n) is 5.31. The van der Waals surface area contributed by atoms with Crippen molar-refractivity contribution in [2.75, 3.05) is 37.4 Å². The minimum Gasteiger partial charge on any atom is -0.383 e. The van der Waals surface area contributed by atoms with Crippen molar-refractivity contribution in [3.05, 3.63) is 58.1 Å². The lowest BCUT2D eigenvalue weighted by atomic mass is 9.89. The molecule has 3 amide bonds. The fraction of sp³-hybridized carbons (Fsp3) is 0.364. The van der Waals surface area contributed by atoms with Gasteiger partial charge in [0.1, 0.15) is 6.04 Å². The first-order valence-electron chi connectivity index (χ1n) is 10.0. The van der Waals surface area contributed by atoms with Gasteiger partial charge in [0.2, 0.25) is 5.91 Å². The van der Waals surface area contributed by atoms with E-state index in [0.29, 0.717) is 40.4 Å². The molecule has 2 aromatic rings. The molecule has 31 heavy (non-hydrogen) atoms. The number of rotatable bonds is 6. The Morgan fingerprint density at radius 2 is 1.71 bits per heavy atom. The molecule has 7 nitrogen and oxygen atoms in total. The average Bonchev–Trinajstić information content (AvgIpc) is 2.77. The van der Waals surface area contributed by atoms with Crippen molar-refractivity contribution in [2.24, 2.45) is 5.73 Å². The van der Waals surface area contributed by atoms with E-state index in [0.717, 1.165) is 12.8 Å². The van der Waals surface area contributed by atoms with E-state index >= 15 is 0 Å². The van der Waals surface area contributed by atoms with Crippen molar-refractivity contribution in [1.29, 1.82) is 0 Å². The zero-order chi connectivity index (χ0) is 22.4. The van der Waals surface area contributed by atoms with E-state index < -0.39 is 6.04 Å².